The average molecular weight is 270 g/mol. The first kappa shape index (κ1) is 12.6. The number of amides is 1. The summed E-state index contributed by atoms with van der Waals surface area (Å²) in [6.07, 6.45) is -0.626. The first-order valence-corrected chi connectivity index (χ1v) is 5.61. The topological polar surface area (TPSA) is 81.4 Å². The van der Waals surface area contributed by atoms with Gasteiger partial charge < -0.3 is 4.74 Å². The predicted molar refractivity (Wildman–Crippen MR) is 65.6 cm³/mol. The van der Waals surface area contributed by atoms with Crippen LogP contribution >= 0.6 is 11.6 Å². The van der Waals surface area contributed by atoms with Crippen molar-refractivity contribution < 1.29 is 9.53 Å². The fourth-order valence-electron chi connectivity index (χ4n) is 1.24. The van der Waals surface area contributed by atoms with Gasteiger partial charge in [0.25, 0.3) is 5.95 Å². The van der Waals surface area contributed by atoms with Crippen molar-refractivity contribution in [1.29, 1.82) is 0 Å². The fraction of sp³-hybridized carbons (Fsp3) is 0.400. The van der Waals surface area contributed by atoms with E-state index in [1.807, 2.05) is 0 Å². The summed E-state index contributed by atoms with van der Waals surface area (Å²) in [6, 6.07) is 3.23. The molecule has 0 saturated carbocycles. The molecule has 0 aliphatic carbocycles. The minimum Gasteiger partial charge on any atom is -0.444 e. The number of anilines is 1. The van der Waals surface area contributed by atoms with E-state index in [2.05, 4.69) is 20.6 Å². The van der Waals surface area contributed by atoms with E-state index >= 15 is 0 Å². The molecule has 0 atom stereocenters. The molecular weight excluding hydrogens is 258 g/mol. The van der Waals surface area contributed by atoms with Crippen molar-refractivity contribution in [2.75, 3.05) is 5.32 Å². The van der Waals surface area contributed by atoms with Gasteiger partial charge in [-0.2, -0.15) is 9.61 Å². The van der Waals surface area contributed by atoms with E-state index in [9.17, 15) is 4.79 Å². The third kappa shape index (κ3) is 2.86. The van der Waals surface area contributed by atoms with Gasteiger partial charge in [-0.3, -0.25) is 5.32 Å². The van der Waals surface area contributed by atoms with E-state index < -0.39 is 11.7 Å². The Balaban J connectivity index is 2.22. The molecule has 1 amide bonds. The van der Waals surface area contributed by atoms with Gasteiger partial charge in [0.1, 0.15) is 10.8 Å². The van der Waals surface area contributed by atoms with Gasteiger partial charge in [0.15, 0.2) is 5.65 Å². The molecule has 0 bridgehead atoms. The number of nitrogens with zero attached hydrogens (tertiary/aromatic N) is 4. The van der Waals surface area contributed by atoms with Gasteiger partial charge in [0, 0.05) is 0 Å². The largest absolute Gasteiger partial charge is 0.444 e. The van der Waals surface area contributed by atoms with Crippen LogP contribution in [0, 0.1) is 0 Å². The highest BCUT2D eigenvalue weighted by atomic mass is 35.5. The molecule has 2 aromatic heterocycles. The summed E-state index contributed by atoms with van der Waals surface area (Å²) in [5, 5.41) is 14.3. The molecule has 18 heavy (non-hydrogen) atoms. The first-order chi connectivity index (χ1) is 8.35. The Labute approximate surface area is 108 Å². The van der Waals surface area contributed by atoms with Crippen LogP contribution in [0.2, 0.25) is 5.15 Å². The predicted octanol–water partition coefficient (Wildman–Crippen LogP) is 2.12. The number of aromatic nitrogens is 4. The maximum Gasteiger partial charge on any atom is 0.414 e. The number of ether oxygens (including phenoxy) is 1. The third-order valence-electron chi connectivity index (χ3n) is 1.84. The molecule has 1 N–H and O–H groups in total. The van der Waals surface area contributed by atoms with Crippen molar-refractivity contribution in [2.24, 2.45) is 0 Å². The Morgan fingerprint density at radius 2 is 2.11 bits per heavy atom. The van der Waals surface area contributed by atoms with Crippen molar-refractivity contribution in [3.05, 3.63) is 17.3 Å². The number of nitrogens with one attached hydrogen (secondary N) is 1. The zero-order chi connectivity index (χ0) is 13.3. The van der Waals surface area contributed by atoms with Crippen LogP contribution in [0.15, 0.2) is 12.1 Å². The van der Waals surface area contributed by atoms with E-state index in [-0.39, 0.29) is 11.1 Å². The second kappa shape index (κ2) is 4.41. The van der Waals surface area contributed by atoms with Gasteiger partial charge in [0.05, 0.1) is 0 Å². The molecule has 0 radical (unpaired) electrons. The Morgan fingerprint density at radius 1 is 1.39 bits per heavy atom. The van der Waals surface area contributed by atoms with Gasteiger partial charge in [-0.25, -0.2) is 4.79 Å². The number of halogens is 1. The maximum absolute atomic E-state index is 11.6. The summed E-state index contributed by atoms with van der Waals surface area (Å²) in [7, 11) is 0. The van der Waals surface area contributed by atoms with Crippen molar-refractivity contribution in [2.45, 2.75) is 26.4 Å². The second-order valence-electron chi connectivity index (χ2n) is 4.58. The van der Waals surface area contributed by atoms with Gasteiger partial charge in [0.2, 0.25) is 0 Å². The molecular formula is C10H12ClN5O2. The fourth-order valence-corrected chi connectivity index (χ4v) is 1.38. The maximum atomic E-state index is 11.6. The molecule has 0 aliphatic heterocycles. The zero-order valence-corrected chi connectivity index (χ0v) is 10.9. The monoisotopic (exact) mass is 269 g/mol. The average Bonchev–Trinajstić information content (AvgIpc) is 2.58. The Bertz CT molecular complexity index is 589. The van der Waals surface area contributed by atoms with E-state index in [0.29, 0.717) is 5.65 Å². The summed E-state index contributed by atoms with van der Waals surface area (Å²) in [5.74, 6) is 0.154. The SMILES string of the molecule is CC(C)(C)OC(=O)Nc1nnc2ccc(Cl)nn12. The zero-order valence-electron chi connectivity index (χ0n) is 10.1. The normalized spacial score (nSPS) is 11.6. The molecule has 7 nitrogen and oxygen atoms in total. The van der Waals surface area contributed by atoms with Gasteiger partial charge >= 0.3 is 6.09 Å². The Hall–Kier alpha value is -1.89. The molecule has 0 aromatic carbocycles. The Morgan fingerprint density at radius 3 is 2.78 bits per heavy atom. The summed E-state index contributed by atoms with van der Waals surface area (Å²) in [4.78, 5) is 11.6. The van der Waals surface area contributed by atoms with Crippen LogP contribution in [0.25, 0.3) is 5.65 Å². The van der Waals surface area contributed by atoms with E-state index in [4.69, 9.17) is 16.3 Å². The Kier molecular flexibility index (Phi) is 3.08. The van der Waals surface area contributed by atoms with Crippen LogP contribution in [-0.2, 0) is 4.74 Å². The van der Waals surface area contributed by atoms with E-state index in [0.717, 1.165) is 0 Å². The number of carbonyl (C=O) groups is 1. The van der Waals surface area contributed by atoms with Gasteiger partial charge in [-0.15, -0.1) is 10.2 Å². The van der Waals surface area contributed by atoms with Crippen LogP contribution in [-0.4, -0.2) is 31.5 Å². The summed E-state index contributed by atoms with van der Waals surface area (Å²) in [6.45, 7) is 5.30. The lowest BCUT2D eigenvalue weighted by atomic mass is 10.2. The molecule has 96 valence electrons. The second-order valence-corrected chi connectivity index (χ2v) is 4.96. The molecule has 8 heteroatoms. The lowest BCUT2D eigenvalue weighted by Gasteiger charge is -2.18. The third-order valence-corrected chi connectivity index (χ3v) is 2.04. The molecule has 0 fully saturated rings. The molecule has 2 aromatic rings. The van der Waals surface area contributed by atoms with Crippen molar-refractivity contribution in [3.8, 4) is 0 Å². The van der Waals surface area contributed by atoms with Crippen molar-refractivity contribution >= 4 is 29.3 Å². The highest BCUT2D eigenvalue weighted by Gasteiger charge is 2.18. The quantitative estimate of drug-likeness (QED) is 0.857. The minimum absolute atomic E-state index is 0.154. The van der Waals surface area contributed by atoms with Crippen molar-refractivity contribution in [3.63, 3.8) is 0 Å². The highest BCUT2D eigenvalue weighted by molar-refractivity contribution is 6.29. The van der Waals surface area contributed by atoms with Crippen LogP contribution < -0.4 is 5.32 Å². The standard InChI is InChI=1S/C10H12ClN5O2/c1-10(2,3)18-9(17)12-8-14-13-7-5-4-6(11)15-16(7)8/h4-5H,1-3H3,(H,12,14,17). The molecule has 0 saturated heterocycles. The molecule has 0 unspecified atom stereocenters. The van der Waals surface area contributed by atoms with Crippen LogP contribution in [0.5, 0.6) is 0 Å². The van der Waals surface area contributed by atoms with Crippen LogP contribution in [0.1, 0.15) is 20.8 Å². The summed E-state index contributed by atoms with van der Waals surface area (Å²) < 4.78 is 6.42. The number of hydrogen-bond acceptors (Lipinski definition) is 5. The number of hydrogen-bond donors (Lipinski definition) is 1. The molecule has 2 heterocycles. The molecule has 2 rings (SSSR count). The summed E-state index contributed by atoms with van der Waals surface area (Å²) in [5.41, 5.74) is -0.110. The minimum atomic E-state index is -0.626. The van der Waals surface area contributed by atoms with Gasteiger partial charge in [-0.05, 0) is 32.9 Å². The van der Waals surface area contributed by atoms with Crippen molar-refractivity contribution in [1.82, 2.24) is 19.8 Å². The highest BCUT2D eigenvalue weighted by Crippen LogP contribution is 2.12. The summed E-state index contributed by atoms with van der Waals surface area (Å²) >= 11 is 5.76. The van der Waals surface area contributed by atoms with E-state index in [1.54, 1.807) is 32.9 Å². The molecule has 0 aliphatic rings. The van der Waals surface area contributed by atoms with Gasteiger partial charge in [-0.1, -0.05) is 11.6 Å². The lowest BCUT2D eigenvalue weighted by molar-refractivity contribution is 0.0634. The molecule has 0 spiro atoms. The van der Waals surface area contributed by atoms with Crippen LogP contribution in [0.4, 0.5) is 10.7 Å². The number of carbonyl (C=O) groups excluding carboxylic acids is 1. The van der Waals surface area contributed by atoms with Crippen LogP contribution in [0.3, 0.4) is 0 Å². The first-order valence-electron chi connectivity index (χ1n) is 5.23. The lowest BCUT2D eigenvalue weighted by Crippen LogP contribution is -2.28. The number of fused-ring (bicyclic) bond motifs is 1. The van der Waals surface area contributed by atoms with E-state index in [1.165, 1.54) is 4.52 Å². The number of rotatable bonds is 1. The smallest absolute Gasteiger partial charge is 0.414 e.